The molecule has 0 fully saturated rings. The molecule has 0 aromatic heterocycles. The van der Waals surface area contributed by atoms with Crippen LogP contribution < -0.4 is 14.2 Å². The number of nitrogens with one attached hydrogen (secondary N) is 1. The summed E-state index contributed by atoms with van der Waals surface area (Å²) >= 11 is 8.22. The summed E-state index contributed by atoms with van der Waals surface area (Å²) in [5, 5.41) is 0.707. The summed E-state index contributed by atoms with van der Waals surface area (Å²) in [6, 6.07) is 29.0. The van der Waals surface area contributed by atoms with E-state index in [2.05, 4.69) is 21.8 Å². The number of sulfonamides is 1. The van der Waals surface area contributed by atoms with Gasteiger partial charge in [-0.2, -0.15) is 0 Å². The molecule has 214 valence electrons. The number of rotatable bonds is 13. The van der Waals surface area contributed by atoms with Gasteiger partial charge in [-0.25, -0.2) is 13.1 Å². The van der Waals surface area contributed by atoms with E-state index in [4.69, 9.17) is 21.1 Å². The van der Waals surface area contributed by atoms with Gasteiger partial charge in [0.25, 0.3) is 15.9 Å². The predicted octanol–water partition coefficient (Wildman–Crippen LogP) is 6.27. The summed E-state index contributed by atoms with van der Waals surface area (Å²) in [5.41, 5.74) is 2.06. The lowest BCUT2D eigenvalue weighted by Gasteiger charge is -2.23. The number of hydrogen-bond donors (Lipinski definition) is 1. The molecule has 4 aromatic rings. The number of halogens is 1. The van der Waals surface area contributed by atoms with Crippen LogP contribution in [0, 0.1) is 0 Å². The summed E-state index contributed by atoms with van der Waals surface area (Å²) in [6.45, 7) is 2.04. The van der Waals surface area contributed by atoms with Crippen LogP contribution in [0.5, 0.6) is 11.5 Å². The van der Waals surface area contributed by atoms with Crippen molar-refractivity contribution in [3.63, 3.8) is 0 Å². The lowest BCUT2D eigenvalue weighted by Crippen LogP contribution is -2.30. The molecule has 0 aliphatic heterocycles. The van der Waals surface area contributed by atoms with E-state index in [1.165, 1.54) is 43.4 Å². The van der Waals surface area contributed by atoms with Gasteiger partial charge in [0.1, 0.15) is 11.5 Å². The third-order valence-electron chi connectivity index (χ3n) is 6.25. The highest BCUT2D eigenvalue weighted by atomic mass is 35.5. The lowest BCUT2D eigenvalue weighted by molar-refractivity contribution is 0.0980. The van der Waals surface area contributed by atoms with Gasteiger partial charge in [0.05, 0.1) is 19.1 Å². The zero-order valence-corrected chi connectivity index (χ0v) is 25.1. The molecule has 0 saturated carbocycles. The maximum absolute atomic E-state index is 13.0. The van der Waals surface area contributed by atoms with E-state index in [1.807, 2.05) is 42.5 Å². The lowest BCUT2D eigenvalue weighted by atomic mass is 10.1. The minimum absolute atomic E-state index is 0.0123. The van der Waals surface area contributed by atoms with Crippen LogP contribution in [0.3, 0.4) is 0 Å². The summed E-state index contributed by atoms with van der Waals surface area (Å²) < 4.78 is 38.5. The second-order valence-corrected chi connectivity index (χ2v) is 12.4. The van der Waals surface area contributed by atoms with E-state index >= 15 is 0 Å². The second kappa shape index (κ2) is 14.4. The van der Waals surface area contributed by atoms with Crippen molar-refractivity contribution in [2.45, 2.75) is 22.9 Å². The topological polar surface area (TPSA) is 84.9 Å². The van der Waals surface area contributed by atoms with E-state index in [0.717, 1.165) is 23.4 Å². The van der Waals surface area contributed by atoms with Gasteiger partial charge in [0.15, 0.2) is 0 Å². The van der Waals surface area contributed by atoms with Crippen molar-refractivity contribution in [3.05, 3.63) is 119 Å². The van der Waals surface area contributed by atoms with E-state index in [0.29, 0.717) is 29.6 Å². The van der Waals surface area contributed by atoms with Crippen molar-refractivity contribution in [1.82, 2.24) is 9.62 Å². The fourth-order valence-corrected chi connectivity index (χ4v) is 6.21. The number of nitrogens with zero attached hydrogens (tertiary/aromatic N) is 1. The monoisotopic (exact) mass is 610 g/mol. The third kappa shape index (κ3) is 8.74. The molecule has 41 heavy (non-hydrogen) atoms. The largest absolute Gasteiger partial charge is 0.497 e. The number of ether oxygens (including phenoxy) is 2. The highest BCUT2D eigenvalue weighted by Gasteiger charge is 2.20. The number of carbonyl (C=O) groups excluding carboxylic acids is 1. The predicted molar refractivity (Wildman–Crippen MR) is 163 cm³/mol. The van der Waals surface area contributed by atoms with Crippen LogP contribution in [0.4, 0.5) is 0 Å². The Morgan fingerprint density at radius 3 is 2.12 bits per heavy atom. The summed E-state index contributed by atoms with van der Waals surface area (Å²) in [5.74, 6) is 0.842. The van der Waals surface area contributed by atoms with Crippen LogP contribution in [-0.2, 0) is 23.1 Å². The van der Waals surface area contributed by atoms with Gasteiger partial charge in [-0.05, 0) is 53.6 Å². The van der Waals surface area contributed by atoms with Crippen molar-refractivity contribution in [3.8, 4) is 11.5 Å². The molecule has 0 unspecified atom stereocenters. The summed E-state index contributed by atoms with van der Waals surface area (Å²) in [4.78, 5) is 16.2. The van der Waals surface area contributed by atoms with E-state index in [-0.39, 0.29) is 10.5 Å². The molecule has 0 radical (unpaired) electrons. The molecule has 0 atom stereocenters. The fourth-order valence-electron chi connectivity index (χ4n) is 4.10. The van der Waals surface area contributed by atoms with Crippen LogP contribution in [0.15, 0.2) is 107 Å². The summed E-state index contributed by atoms with van der Waals surface area (Å²) in [7, 11) is -1.20. The summed E-state index contributed by atoms with van der Waals surface area (Å²) in [6.07, 6.45) is 0. The minimum atomic E-state index is -4.11. The number of carbonyl (C=O) groups is 1. The van der Waals surface area contributed by atoms with Crippen molar-refractivity contribution in [2.24, 2.45) is 0 Å². The van der Waals surface area contributed by atoms with Gasteiger partial charge in [-0.3, -0.25) is 9.69 Å². The van der Waals surface area contributed by atoms with Crippen LogP contribution in [-0.4, -0.2) is 45.7 Å². The molecule has 4 rings (SSSR count). The second-order valence-electron chi connectivity index (χ2n) is 9.14. The number of thioether (sulfide) groups is 1. The quantitative estimate of drug-likeness (QED) is 0.179. The Hall–Kier alpha value is -3.50. The Morgan fingerprint density at radius 1 is 0.854 bits per heavy atom. The molecule has 0 aliphatic carbocycles. The van der Waals surface area contributed by atoms with E-state index < -0.39 is 15.9 Å². The fraction of sp³-hybridized carbons (Fsp3) is 0.194. The number of benzene rings is 4. The van der Waals surface area contributed by atoms with E-state index in [9.17, 15) is 13.2 Å². The molecule has 10 heteroatoms. The first kappa shape index (κ1) is 30.5. The average molecular weight is 611 g/mol. The van der Waals surface area contributed by atoms with Gasteiger partial charge in [-0.1, -0.05) is 60.1 Å². The standard InChI is InChI=1S/C31H31ClN2O5S2/c1-38-26-18-25(19-27(20-26)39-2)31(35)33-41(36,37)29-14-12-23(13-15-29)21-34(22-24-8-6-7-11-30(24)32)16-17-40-28-9-4-3-5-10-28/h3-15,18-20H,16-17,21-22H2,1-2H3,(H,33,35). The molecule has 4 aromatic carbocycles. The van der Waals surface area contributed by atoms with Gasteiger partial charge in [0, 0.05) is 46.9 Å². The first-order chi connectivity index (χ1) is 19.8. The number of methoxy groups -OCH3 is 2. The van der Waals surface area contributed by atoms with Crippen LogP contribution >= 0.6 is 23.4 Å². The Kier molecular flexibility index (Phi) is 10.7. The smallest absolute Gasteiger partial charge is 0.265 e. The molecule has 0 bridgehead atoms. The molecule has 0 spiro atoms. The van der Waals surface area contributed by atoms with Crippen molar-refractivity contribution in [1.29, 1.82) is 0 Å². The molecule has 0 aliphatic rings. The van der Waals surface area contributed by atoms with Crippen LogP contribution in [0.2, 0.25) is 5.02 Å². The maximum Gasteiger partial charge on any atom is 0.265 e. The van der Waals surface area contributed by atoms with Crippen LogP contribution in [0.1, 0.15) is 21.5 Å². The highest BCUT2D eigenvalue weighted by Crippen LogP contribution is 2.24. The van der Waals surface area contributed by atoms with E-state index in [1.54, 1.807) is 30.0 Å². The van der Waals surface area contributed by atoms with Gasteiger partial charge >= 0.3 is 0 Å². The van der Waals surface area contributed by atoms with Crippen LogP contribution in [0.25, 0.3) is 0 Å². The Labute approximate surface area is 250 Å². The molecule has 1 N–H and O–H groups in total. The van der Waals surface area contributed by atoms with Gasteiger partial charge in [-0.15, -0.1) is 11.8 Å². The Morgan fingerprint density at radius 2 is 1.49 bits per heavy atom. The SMILES string of the molecule is COc1cc(OC)cc(C(=O)NS(=O)(=O)c2ccc(CN(CCSc3ccccc3)Cc3ccccc3Cl)cc2)c1. The number of hydrogen-bond acceptors (Lipinski definition) is 7. The molecular weight excluding hydrogens is 580 g/mol. The third-order valence-corrected chi connectivity index (χ3v) is 8.96. The number of amides is 1. The molecular formula is C31H31ClN2O5S2. The molecule has 0 saturated heterocycles. The van der Waals surface area contributed by atoms with Gasteiger partial charge < -0.3 is 9.47 Å². The highest BCUT2D eigenvalue weighted by molar-refractivity contribution is 7.99. The average Bonchev–Trinajstić information content (AvgIpc) is 2.98. The maximum atomic E-state index is 13.0. The zero-order valence-electron chi connectivity index (χ0n) is 22.7. The van der Waals surface area contributed by atoms with Crippen molar-refractivity contribution in [2.75, 3.05) is 26.5 Å². The first-order valence-corrected chi connectivity index (χ1v) is 15.6. The van der Waals surface area contributed by atoms with Gasteiger partial charge in [0.2, 0.25) is 0 Å². The zero-order chi connectivity index (χ0) is 29.2. The first-order valence-electron chi connectivity index (χ1n) is 12.8. The Bertz CT molecular complexity index is 1540. The normalized spacial score (nSPS) is 11.3. The minimum Gasteiger partial charge on any atom is -0.497 e. The Balaban J connectivity index is 1.45. The molecule has 1 amide bonds. The molecule has 0 heterocycles. The van der Waals surface area contributed by atoms with Crippen molar-refractivity contribution < 1.29 is 22.7 Å². The molecule has 7 nitrogen and oxygen atoms in total. The van der Waals surface area contributed by atoms with Crippen molar-refractivity contribution >= 4 is 39.3 Å².